The fourth-order valence-corrected chi connectivity index (χ4v) is 1.73. The number of carboxylic acids is 1. The number of aryl methyl sites for hydroxylation is 2. The van der Waals surface area contributed by atoms with E-state index in [2.05, 4.69) is 5.32 Å². The first-order valence-electron chi connectivity index (χ1n) is 6.08. The molecule has 0 aliphatic carbocycles. The van der Waals surface area contributed by atoms with Gasteiger partial charge in [0.2, 0.25) is 5.91 Å². The molecule has 1 amide bonds. The summed E-state index contributed by atoms with van der Waals surface area (Å²) in [7, 11) is 0. The van der Waals surface area contributed by atoms with Crippen LogP contribution in [0.1, 0.15) is 36.8 Å². The third-order valence-electron chi connectivity index (χ3n) is 2.70. The molecule has 98 valence electrons. The molecule has 0 aliphatic heterocycles. The van der Waals surface area contributed by atoms with E-state index in [1.54, 1.807) is 0 Å². The van der Waals surface area contributed by atoms with Gasteiger partial charge in [0.1, 0.15) is 0 Å². The summed E-state index contributed by atoms with van der Waals surface area (Å²) in [5, 5.41) is 11.3. The van der Waals surface area contributed by atoms with Crippen molar-refractivity contribution in [2.75, 3.05) is 5.32 Å². The largest absolute Gasteiger partial charge is 0.481 e. The Balaban J connectivity index is 2.38. The van der Waals surface area contributed by atoms with Crippen LogP contribution in [0, 0.1) is 13.8 Å². The summed E-state index contributed by atoms with van der Waals surface area (Å²) in [6.07, 6.45) is 1.62. The van der Waals surface area contributed by atoms with Crippen LogP contribution >= 0.6 is 0 Å². The first-order chi connectivity index (χ1) is 8.49. The molecule has 1 aromatic carbocycles. The Morgan fingerprint density at radius 3 is 2.44 bits per heavy atom. The summed E-state index contributed by atoms with van der Waals surface area (Å²) in [6, 6.07) is 5.85. The molecular weight excluding hydrogens is 230 g/mol. The Morgan fingerprint density at radius 2 is 1.83 bits per heavy atom. The molecule has 0 saturated carbocycles. The van der Waals surface area contributed by atoms with Gasteiger partial charge >= 0.3 is 5.97 Å². The molecule has 0 aliphatic rings. The first kappa shape index (κ1) is 14.2. The van der Waals surface area contributed by atoms with Crippen molar-refractivity contribution in [1.82, 2.24) is 0 Å². The number of amides is 1. The van der Waals surface area contributed by atoms with Gasteiger partial charge in [0, 0.05) is 18.5 Å². The lowest BCUT2D eigenvalue weighted by Gasteiger charge is -2.08. The summed E-state index contributed by atoms with van der Waals surface area (Å²) in [5.41, 5.74) is 3.02. The van der Waals surface area contributed by atoms with Crippen molar-refractivity contribution in [1.29, 1.82) is 0 Å². The Labute approximate surface area is 107 Å². The zero-order chi connectivity index (χ0) is 13.5. The van der Waals surface area contributed by atoms with Crippen LogP contribution in [0.4, 0.5) is 5.69 Å². The number of carbonyl (C=O) groups is 2. The number of benzene rings is 1. The number of hydrogen-bond donors (Lipinski definition) is 2. The minimum Gasteiger partial charge on any atom is -0.481 e. The summed E-state index contributed by atoms with van der Waals surface area (Å²) < 4.78 is 0. The highest BCUT2D eigenvalue weighted by atomic mass is 16.4. The average Bonchev–Trinajstić information content (AvgIpc) is 2.28. The second kappa shape index (κ2) is 6.79. The summed E-state index contributed by atoms with van der Waals surface area (Å²) in [4.78, 5) is 21.9. The molecular formula is C14H19NO3. The minimum atomic E-state index is -0.815. The number of hydrogen-bond acceptors (Lipinski definition) is 2. The van der Waals surface area contributed by atoms with Gasteiger partial charge in [0.25, 0.3) is 0 Å². The molecule has 4 nitrogen and oxygen atoms in total. The smallest absolute Gasteiger partial charge is 0.303 e. The van der Waals surface area contributed by atoms with Crippen molar-refractivity contribution in [3.8, 4) is 0 Å². The van der Waals surface area contributed by atoms with E-state index in [1.807, 2.05) is 32.0 Å². The molecule has 18 heavy (non-hydrogen) atoms. The maximum Gasteiger partial charge on any atom is 0.303 e. The molecule has 0 unspecified atom stereocenters. The van der Waals surface area contributed by atoms with E-state index < -0.39 is 5.97 Å². The Kier molecular flexibility index (Phi) is 5.36. The van der Waals surface area contributed by atoms with Gasteiger partial charge in [-0.15, -0.1) is 0 Å². The second-order valence-corrected chi connectivity index (χ2v) is 4.47. The summed E-state index contributed by atoms with van der Waals surface area (Å²) in [5.74, 6) is -0.878. The lowest BCUT2D eigenvalue weighted by molar-refractivity contribution is -0.137. The SMILES string of the molecule is Cc1ccc(NC(=O)CCCCC(=O)O)c(C)c1. The predicted molar refractivity (Wildman–Crippen MR) is 70.6 cm³/mol. The van der Waals surface area contributed by atoms with Crippen molar-refractivity contribution in [3.63, 3.8) is 0 Å². The maximum atomic E-state index is 11.6. The van der Waals surface area contributed by atoms with Crippen molar-refractivity contribution < 1.29 is 14.7 Å². The monoisotopic (exact) mass is 249 g/mol. The number of rotatable bonds is 6. The fraction of sp³-hybridized carbons (Fsp3) is 0.429. The van der Waals surface area contributed by atoms with Gasteiger partial charge in [-0.05, 0) is 38.3 Å². The molecule has 0 fully saturated rings. The fourth-order valence-electron chi connectivity index (χ4n) is 1.73. The second-order valence-electron chi connectivity index (χ2n) is 4.47. The standard InChI is InChI=1S/C14H19NO3/c1-10-7-8-12(11(2)9-10)15-13(16)5-3-4-6-14(17)18/h7-9H,3-6H2,1-2H3,(H,15,16)(H,17,18). The molecule has 0 bridgehead atoms. The topological polar surface area (TPSA) is 66.4 Å². The van der Waals surface area contributed by atoms with Gasteiger partial charge in [-0.3, -0.25) is 9.59 Å². The highest BCUT2D eigenvalue weighted by molar-refractivity contribution is 5.91. The van der Waals surface area contributed by atoms with Crippen molar-refractivity contribution in [2.45, 2.75) is 39.5 Å². The van der Waals surface area contributed by atoms with Crippen molar-refractivity contribution >= 4 is 17.6 Å². The highest BCUT2D eigenvalue weighted by Crippen LogP contribution is 2.16. The van der Waals surface area contributed by atoms with Crippen LogP contribution in [0.2, 0.25) is 0 Å². The van der Waals surface area contributed by atoms with E-state index in [-0.39, 0.29) is 12.3 Å². The quantitative estimate of drug-likeness (QED) is 0.762. The van der Waals surface area contributed by atoms with Crippen molar-refractivity contribution in [3.05, 3.63) is 29.3 Å². The first-order valence-corrected chi connectivity index (χ1v) is 6.08. The van der Waals surface area contributed by atoms with Gasteiger partial charge < -0.3 is 10.4 Å². The molecule has 0 atom stereocenters. The van der Waals surface area contributed by atoms with E-state index >= 15 is 0 Å². The molecule has 0 spiro atoms. The number of anilines is 1. The number of unbranched alkanes of at least 4 members (excludes halogenated alkanes) is 1. The van der Waals surface area contributed by atoms with E-state index in [9.17, 15) is 9.59 Å². The van der Waals surface area contributed by atoms with Crippen LogP contribution in [0.5, 0.6) is 0 Å². The average molecular weight is 249 g/mol. The minimum absolute atomic E-state index is 0.0626. The van der Waals surface area contributed by atoms with E-state index in [0.29, 0.717) is 19.3 Å². The van der Waals surface area contributed by atoms with Crippen LogP contribution in [0.15, 0.2) is 18.2 Å². The van der Waals surface area contributed by atoms with Crippen LogP contribution < -0.4 is 5.32 Å². The van der Waals surface area contributed by atoms with Gasteiger partial charge in [-0.25, -0.2) is 0 Å². The normalized spacial score (nSPS) is 10.1. The highest BCUT2D eigenvalue weighted by Gasteiger charge is 2.05. The third kappa shape index (κ3) is 4.99. The molecule has 0 heterocycles. The van der Waals surface area contributed by atoms with E-state index in [4.69, 9.17) is 5.11 Å². The van der Waals surface area contributed by atoms with Crippen LogP contribution in [0.3, 0.4) is 0 Å². The van der Waals surface area contributed by atoms with Crippen LogP contribution in [-0.2, 0) is 9.59 Å². The van der Waals surface area contributed by atoms with E-state index in [0.717, 1.165) is 16.8 Å². The van der Waals surface area contributed by atoms with Gasteiger partial charge in [-0.1, -0.05) is 17.7 Å². The maximum absolute atomic E-state index is 11.6. The lowest BCUT2D eigenvalue weighted by atomic mass is 10.1. The number of carboxylic acid groups (broad SMARTS) is 1. The number of carbonyl (C=O) groups excluding carboxylic acids is 1. The van der Waals surface area contributed by atoms with Gasteiger partial charge in [0.15, 0.2) is 0 Å². The van der Waals surface area contributed by atoms with E-state index in [1.165, 1.54) is 0 Å². The van der Waals surface area contributed by atoms with Crippen LogP contribution in [0.25, 0.3) is 0 Å². The van der Waals surface area contributed by atoms with Gasteiger partial charge in [0.05, 0.1) is 0 Å². The zero-order valence-corrected chi connectivity index (χ0v) is 10.8. The van der Waals surface area contributed by atoms with Crippen molar-refractivity contribution in [2.24, 2.45) is 0 Å². The molecule has 1 aromatic rings. The Bertz CT molecular complexity index is 441. The molecule has 1 rings (SSSR count). The van der Waals surface area contributed by atoms with Gasteiger partial charge in [-0.2, -0.15) is 0 Å². The molecule has 0 radical (unpaired) electrons. The molecule has 2 N–H and O–H groups in total. The van der Waals surface area contributed by atoms with Crippen LogP contribution in [-0.4, -0.2) is 17.0 Å². The Hall–Kier alpha value is -1.84. The zero-order valence-electron chi connectivity index (χ0n) is 10.8. The predicted octanol–water partition coefficient (Wildman–Crippen LogP) is 2.89. The lowest BCUT2D eigenvalue weighted by Crippen LogP contribution is -2.12. The number of nitrogens with one attached hydrogen (secondary N) is 1. The summed E-state index contributed by atoms with van der Waals surface area (Å²) >= 11 is 0. The Morgan fingerprint density at radius 1 is 1.17 bits per heavy atom. The third-order valence-corrected chi connectivity index (χ3v) is 2.70. The number of aliphatic carboxylic acids is 1. The summed E-state index contributed by atoms with van der Waals surface area (Å²) in [6.45, 7) is 3.96. The molecule has 0 aromatic heterocycles. The molecule has 0 saturated heterocycles. The molecule has 4 heteroatoms.